The Morgan fingerprint density at radius 1 is 1.32 bits per heavy atom. The van der Waals surface area contributed by atoms with E-state index in [0.717, 1.165) is 36.1 Å². The van der Waals surface area contributed by atoms with E-state index < -0.39 is 17.7 Å². The lowest BCUT2D eigenvalue weighted by atomic mass is 9.95. The van der Waals surface area contributed by atoms with Crippen LogP contribution in [-0.4, -0.2) is 18.5 Å². The van der Waals surface area contributed by atoms with Crippen LogP contribution < -0.4 is 5.32 Å². The van der Waals surface area contributed by atoms with Crippen LogP contribution in [0.15, 0.2) is 29.8 Å². The molecule has 1 aliphatic rings. The minimum absolute atomic E-state index is 0.144. The first-order valence-corrected chi connectivity index (χ1v) is 9.86. The molecule has 0 bridgehead atoms. The van der Waals surface area contributed by atoms with Crippen LogP contribution in [-0.2, 0) is 22.4 Å². The zero-order chi connectivity index (χ0) is 20.1. The fourth-order valence-corrected chi connectivity index (χ4v) is 4.41. The molecule has 1 aliphatic carbocycles. The Bertz CT molecular complexity index is 988. The molecule has 0 unspecified atom stereocenters. The van der Waals surface area contributed by atoms with Gasteiger partial charge in [0.05, 0.1) is 12.2 Å². The molecule has 0 saturated carbocycles. The summed E-state index contributed by atoms with van der Waals surface area (Å²) in [5.74, 6) is -1.69. The Morgan fingerprint density at radius 2 is 2.07 bits per heavy atom. The number of carbonyl (C=O) groups excluding carboxylic acids is 2. The van der Waals surface area contributed by atoms with Crippen LogP contribution in [0, 0.1) is 17.1 Å². The zero-order valence-electron chi connectivity index (χ0n) is 15.4. The number of hydrogen-bond acceptors (Lipinski definition) is 5. The van der Waals surface area contributed by atoms with Gasteiger partial charge in [0, 0.05) is 10.4 Å². The summed E-state index contributed by atoms with van der Waals surface area (Å²) in [6, 6.07) is 7.69. The molecule has 5 nitrogen and oxygen atoms in total. The van der Waals surface area contributed by atoms with Gasteiger partial charge in [-0.2, -0.15) is 5.26 Å². The fraction of sp³-hybridized carbons (Fsp3) is 0.286. The highest BCUT2D eigenvalue weighted by Gasteiger charge is 2.27. The fourth-order valence-electron chi connectivity index (χ4n) is 3.14. The van der Waals surface area contributed by atoms with Gasteiger partial charge in [-0.3, -0.25) is 4.79 Å². The highest BCUT2D eigenvalue weighted by Crippen LogP contribution is 2.38. The molecule has 0 aliphatic heterocycles. The largest absolute Gasteiger partial charge is 0.462 e. The van der Waals surface area contributed by atoms with Gasteiger partial charge >= 0.3 is 5.97 Å². The third-order valence-electron chi connectivity index (χ3n) is 4.45. The maximum Gasteiger partial charge on any atom is 0.341 e. The van der Waals surface area contributed by atoms with Crippen molar-refractivity contribution in [3.8, 4) is 6.07 Å². The lowest BCUT2D eigenvalue weighted by Gasteiger charge is -2.12. The van der Waals surface area contributed by atoms with Crippen LogP contribution in [0.5, 0.6) is 0 Å². The van der Waals surface area contributed by atoms with Gasteiger partial charge in [-0.25, -0.2) is 9.18 Å². The first kappa shape index (κ1) is 19.8. The number of aryl methyl sites for hydroxylation is 1. The highest BCUT2D eigenvalue weighted by molar-refractivity contribution is 7.17. The van der Waals surface area contributed by atoms with E-state index in [1.54, 1.807) is 19.1 Å². The second-order valence-electron chi connectivity index (χ2n) is 6.28. The second-order valence-corrected chi connectivity index (χ2v) is 7.39. The van der Waals surface area contributed by atoms with Crippen molar-refractivity contribution >= 4 is 34.3 Å². The van der Waals surface area contributed by atoms with Crippen molar-refractivity contribution in [2.24, 2.45) is 0 Å². The smallest absolute Gasteiger partial charge is 0.341 e. The monoisotopic (exact) mass is 398 g/mol. The van der Waals surface area contributed by atoms with Crippen LogP contribution in [0.1, 0.15) is 46.1 Å². The van der Waals surface area contributed by atoms with Crippen molar-refractivity contribution in [2.75, 3.05) is 11.9 Å². The Hall–Kier alpha value is -2.98. The molecule has 1 N–H and O–H groups in total. The number of anilines is 1. The average Bonchev–Trinajstić information content (AvgIpc) is 3.05. The molecule has 0 atom stereocenters. The van der Waals surface area contributed by atoms with E-state index in [4.69, 9.17) is 4.74 Å². The first-order valence-electron chi connectivity index (χ1n) is 9.04. The molecule has 0 fully saturated rings. The maximum absolute atomic E-state index is 13.8. The molecule has 0 spiro atoms. The van der Waals surface area contributed by atoms with Crippen LogP contribution >= 0.6 is 11.3 Å². The van der Waals surface area contributed by atoms with Crippen LogP contribution in [0.25, 0.3) is 6.08 Å². The maximum atomic E-state index is 13.8. The third-order valence-corrected chi connectivity index (χ3v) is 5.66. The summed E-state index contributed by atoms with van der Waals surface area (Å²) in [6.07, 6.45) is 4.80. The van der Waals surface area contributed by atoms with Crippen LogP contribution in [0.4, 0.5) is 9.39 Å². The zero-order valence-corrected chi connectivity index (χ0v) is 16.2. The Labute approximate surface area is 166 Å². The predicted octanol–water partition coefficient (Wildman–Crippen LogP) is 4.49. The number of hydrogen-bond donors (Lipinski definition) is 1. The lowest BCUT2D eigenvalue weighted by molar-refractivity contribution is -0.112. The number of fused-ring (bicyclic) bond motifs is 1. The lowest BCUT2D eigenvalue weighted by Crippen LogP contribution is -2.16. The minimum Gasteiger partial charge on any atom is -0.462 e. The van der Waals surface area contributed by atoms with Crippen molar-refractivity contribution in [1.82, 2.24) is 0 Å². The van der Waals surface area contributed by atoms with Gasteiger partial charge in [-0.15, -0.1) is 11.3 Å². The molecule has 1 aromatic carbocycles. The van der Waals surface area contributed by atoms with Crippen molar-refractivity contribution in [3.63, 3.8) is 0 Å². The summed E-state index contributed by atoms with van der Waals surface area (Å²) in [7, 11) is 0. The molecule has 144 valence electrons. The summed E-state index contributed by atoms with van der Waals surface area (Å²) in [5.41, 5.74) is 1.19. The molecule has 0 saturated heterocycles. The van der Waals surface area contributed by atoms with Crippen molar-refractivity contribution in [2.45, 2.75) is 32.6 Å². The molecule has 1 aromatic heterocycles. The summed E-state index contributed by atoms with van der Waals surface area (Å²) in [4.78, 5) is 26.2. The van der Waals surface area contributed by atoms with Gasteiger partial charge in [0.2, 0.25) is 0 Å². The van der Waals surface area contributed by atoms with Crippen LogP contribution in [0.3, 0.4) is 0 Å². The summed E-state index contributed by atoms with van der Waals surface area (Å²) in [5, 5.41) is 12.4. The Morgan fingerprint density at radius 3 is 2.79 bits per heavy atom. The van der Waals surface area contributed by atoms with E-state index in [1.165, 1.54) is 35.6 Å². The van der Waals surface area contributed by atoms with E-state index in [-0.39, 0.29) is 17.7 Å². The number of carbonyl (C=O) groups is 2. The van der Waals surface area contributed by atoms with Gasteiger partial charge in [-0.05, 0) is 50.3 Å². The van der Waals surface area contributed by atoms with Gasteiger partial charge in [0.15, 0.2) is 0 Å². The number of halogens is 1. The molecule has 7 heteroatoms. The van der Waals surface area contributed by atoms with Crippen molar-refractivity contribution in [1.29, 1.82) is 5.26 Å². The number of amides is 1. The van der Waals surface area contributed by atoms with Crippen LogP contribution in [0.2, 0.25) is 0 Å². The van der Waals surface area contributed by atoms with E-state index in [0.29, 0.717) is 10.6 Å². The van der Waals surface area contributed by atoms with E-state index in [9.17, 15) is 19.2 Å². The normalized spacial score (nSPS) is 13.4. The van der Waals surface area contributed by atoms with Gasteiger partial charge in [0.25, 0.3) is 5.91 Å². The molecule has 0 radical (unpaired) electrons. The van der Waals surface area contributed by atoms with Gasteiger partial charge in [0.1, 0.15) is 22.5 Å². The SMILES string of the molecule is CCOC(=O)c1c(NC(=O)C(C#N)=Cc2ccccc2F)sc2c1CCCC2. The number of nitrogens with zero attached hydrogens (tertiary/aromatic N) is 1. The van der Waals surface area contributed by atoms with E-state index in [1.807, 2.05) is 0 Å². The van der Waals surface area contributed by atoms with Gasteiger partial charge in [-0.1, -0.05) is 18.2 Å². The molecule has 1 amide bonds. The predicted molar refractivity (Wildman–Crippen MR) is 106 cm³/mol. The summed E-state index contributed by atoms with van der Waals surface area (Å²) < 4.78 is 19.0. The van der Waals surface area contributed by atoms with Crippen molar-refractivity contribution < 1.29 is 18.7 Å². The first-order chi connectivity index (χ1) is 13.5. The minimum atomic E-state index is -0.685. The second kappa shape index (κ2) is 8.81. The number of rotatable bonds is 5. The third kappa shape index (κ3) is 4.12. The average molecular weight is 398 g/mol. The molecule has 1 heterocycles. The summed E-state index contributed by atoms with van der Waals surface area (Å²) >= 11 is 1.34. The molecule has 3 rings (SSSR count). The highest BCUT2D eigenvalue weighted by atomic mass is 32.1. The topological polar surface area (TPSA) is 79.2 Å². The van der Waals surface area contributed by atoms with E-state index in [2.05, 4.69) is 5.32 Å². The molecular weight excluding hydrogens is 379 g/mol. The molecule has 2 aromatic rings. The Kier molecular flexibility index (Phi) is 6.22. The number of nitrogens with one attached hydrogen (secondary N) is 1. The standard InChI is InChI=1S/C21H19FN2O3S/c1-2-27-21(26)18-15-8-4-6-10-17(15)28-20(18)24-19(25)14(12-23)11-13-7-3-5-9-16(13)22/h3,5,7,9,11H,2,4,6,8,10H2,1H3,(H,24,25). The molecule has 28 heavy (non-hydrogen) atoms. The number of esters is 1. The number of thiophene rings is 1. The van der Waals surface area contributed by atoms with Crippen molar-refractivity contribution in [3.05, 3.63) is 57.2 Å². The number of benzene rings is 1. The summed E-state index contributed by atoms with van der Waals surface area (Å²) in [6.45, 7) is 1.95. The molecular formula is C21H19FN2O3S. The van der Waals surface area contributed by atoms with E-state index >= 15 is 0 Å². The number of nitriles is 1. The number of ether oxygens (including phenoxy) is 1. The quantitative estimate of drug-likeness (QED) is 0.457. The van der Waals surface area contributed by atoms with Gasteiger partial charge < -0.3 is 10.1 Å². The Balaban J connectivity index is 1.93.